The first kappa shape index (κ1) is 19.4. The van der Waals surface area contributed by atoms with Crippen LogP contribution in [0.3, 0.4) is 0 Å². The Kier molecular flexibility index (Phi) is 6.52. The summed E-state index contributed by atoms with van der Waals surface area (Å²) in [6.07, 6.45) is 1.83. The summed E-state index contributed by atoms with van der Waals surface area (Å²) in [6, 6.07) is 7.18. The highest BCUT2D eigenvalue weighted by Crippen LogP contribution is 2.20. The van der Waals surface area contributed by atoms with E-state index in [1.165, 1.54) is 11.8 Å². The van der Waals surface area contributed by atoms with Gasteiger partial charge in [-0.05, 0) is 25.1 Å². The Morgan fingerprint density at radius 1 is 1.44 bits per heavy atom. The molecule has 2 heterocycles. The second-order valence-corrected chi connectivity index (χ2v) is 7.36. The average Bonchev–Trinajstić information content (AvgIpc) is 2.67. The molecule has 2 N–H and O–H groups in total. The molecule has 0 saturated carbocycles. The maximum Gasteiger partial charge on any atom is 0.256 e. The fraction of sp³-hybridized carbons (Fsp3) is 0.421. The van der Waals surface area contributed by atoms with E-state index in [0.717, 1.165) is 37.2 Å². The van der Waals surface area contributed by atoms with E-state index in [2.05, 4.69) is 27.1 Å². The number of H-pyrrole nitrogens is 1. The Morgan fingerprint density at radius 3 is 3.07 bits per heavy atom. The summed E-state index contributed by atoms with van der Waals surface area (Å²) in [7, 11) is 1.58. The van der Waals surface area contributed by atoms with Crippen LogP contribution in [-0.4, -0.2) is 46.7 Å². The quantitative estimate of drug-likeness (QED) is 0.559. The smallest absolute Gasteiger partial charge is 0.256 e. The van der Waals surface area contributed by atoms with Crippen LogP contribution in [0, 0.1) is 0 Å². The SMILES string of the molecule is CCCN1CCc2nc(SCC(=O)Nc3cccc(OC)c3)[nH]c(=O)c2C1. The van der Waals surface area contributed by atoms with Gasteiger partial charge in [-0.2, -0.15) is 0 Å². The third-order valence-electron chi connectivity index (χ3n) is 4.36. The van der Waals surface area contributed by atoms with Crippen molar-refractivity contribution in [3.8, 4) is 5.75 Å². The number of aromatic amines is 1. The number of amides is 1. The predicted octanol–water partition coefficient (Wildman–Crippen LogP) is 2.28. The first-order chi connectivity index (χ1) is 13.1. The molecule has 1 amide bonds. The van der Waals surface area contributed by atoms with E-state index in [1.54, 1.807) is 19.2 Å². The van der Waals surface area contributed by atoms with Gasteiger partial charge >= 0.3 is 0 Å². The third-order valence-corrected chi connectivity index (χ3v) is 5.23. The van der Waals surface area contributed by atoms with Gasteiger partial charge in [-0.15, -0.1) is 0 Å². The zero-order chi connectivity index (χ0) is 19.2. The number of hydrogen-bond acceptors (Lipinski definition) is 6. The molecule has 0 saturated heterocycles. The molecular formula is C19H24N4O3S. The van der Waals surface area contributed by atoms with Crippen molar-refractivity contribution < 1.29 is 9.53 Å². The number of thioether (sulfide) groups is 1. The molecule has 0 fully saturated rings. The summed E-state index contributed by atoms with van der Waals surface area (Å²) in [5, 5.41) is 3.31. The average molecular weight is 388 g/mol. The van der Waals surface area contributed by atoms with Gasteiger partial charge in [0.25, 0.3) is 5.56 Å². The van der Waals surface area contributed by atoms with E-state index >= 15 is 0 Å². The Balaban J connectivity index is 1.60. The zero-order valence-corrected chi connectivity index (χ0v) is 16.4. The number of aromatic nitrogens is 2. The van der Waals surface area contributed by atoms with Gasteiger partial charge in [0.15, 0.2) is 5.16 Å². The number of nitrogens with one attached hydrogen (secondary N) is 2. The molecule has 1 aliphatic rings. The standard InChI is InChI=1S/C19H24N4O3S/c1-3-8-23-9-7-16-15(11-23)18(25)22-19(21-16)27-12-17(24)20-13-5-4-6-14(10-13)26-2/h4-6,10H,3,7-9,11-12H2,1-2H3,(H,20,24)(H,21,22,25). The van der Waals surface area contributed by atoms with Crippen LogP contribution >= 0.6 is 11.8 Å². The molecule has 1 aromatic carbocycles. The third kappa shape index (κ3) is 5.11. The van der Waals surface area contributed by atoms with Crippen molar-refractivity contribution in [3.05, 3.63) is 45.9 Å². The highest BCUT2D eigenvalue weighted by molar-refractivity contribution is 7.99. The number of nitrogens with zero attached hydrogens (tertiary/aromatic N) is 2. The number of rotatable bonds is 7. The van der Waals surface area contributed by atoms with Crippen molar-refractivity contribution in [2.75, 3.05) is 31.3 Å². The molecule has 0 unspecified atom stereocenters. The fourth-order valence-electron chi connectivity index (χ4n) is 3.07. The molecule has 0 radical (unpaired) electrons. The molecule has 0 aliphatic carbocycles. The van der Waals surface area contributed by atoms with Crippen LogP contribution in [0.4, 0.5) is 5.69 Å². The molecule has 27 heavy (non-hydrogen) atoms. The summed E-state index contributed by atoms with van der Waals surface area (Å²) < 4.78 is 5.14. The van der Waals surface area contributed by atoms with Crippen molar-refractivity contribution in [3.63, 3.8) is 0 Å². The van der Waals surface area contributed by atoms with Crippen LogP contribution in [0.25, 0.3) is 0 Å². The molecule has 1 aromatic heterocycles. The van der Waals surface area contributed by atoms with Crippen LogP contribution < -0.4 is 15.6 Å². The Bertz CT molecular complexity index is 868. The van der Waals surface area contributed by atoms with E-state index in [4.69, 9.17) is 4.74 Å². The Morgan fingerprint density at radius 2 is 2.30 bits per heavy atom. The van der Waals surface area contributed by atoms with Crippen LogP contribution in [0.5, 0.6) is 5.75 Å². The lowest BCUT2D eigenvalue weighted by molar-refractivity contribution is -0.113. The summed E-state index contributed by atoms with van der Waals surface area (Å²) in [6.45, 7) is 4.68. The van der Waals surface area contributed by atoms with Crippen molar-refractivity contribution in [1.29, 1.82) is 0 Å². The summed E-state index contributed by atoms with van der Waals surface area (Å²) >= 11 is 1.23. The lowest BCUT2D eigenvalue weighted by Crippen LogP contribution is -2.36. The topological polar surface area (TPSA) is 87.3 Å². The van der Waals surface area contributed by atoms with Gasteiger partial charge in [0.2, 0.25) is 5.91 Å². The van der Waals surface area contributed by atoms with Crippen molar-refractivity contribution in [2.24, 2.45) is 0 Å². The highest BCUT2D eigenvalue weighted by atomic mass is 32.2. The number of methoxy groups -OCH3 is 1. The number of fused-ring (bicyclic) bond motifs is 1. The van der Waals surface area contributed by atoms with Gasteiger partial charge in [0.05, 0.1) is 24.1 Å². The van der Waals surface area contributed by atoms with Crippen LogP contribution in [0.1, 0.15) is 24.6 Å². The van der Waals surface area contributed by atoms with E-state index in [1.807, 2.05) is 12.1 Å². The number of ether oxygens (including phenoxy) is 1. The van der Waals surface area contributed by atoms with Crippen LogP contribution in [0.2, 0.25) is 0 Å². The summed E-state index contributed by atoms with van der Waals surface area (Å²) in [5.41, 5.74) is 2.17. The summed E-state index contributed by atoms with van der Waals surface area (Å²) in [5.74, 6) is 0.682. The lowest BCUT2D eigenvalue weighted by atomic mass is 10.1. The molecule has 0 atom stereocenters. The zero-order valence-electron chi connectivity index (χ0n) is 15.6. The Hall–Kier alpha value is -2.32. The number of carbonyl (C=O) groups is 1. The van der Waals surface area contributed by atoms with Crippen molar-refractivity contribution in [2.45, 2.75) is 31.5 Å². The van der Waals surface area contributed by atoms with Gasteiger partial charge in [-0.3, -0.25) is 14.5 Å². The Labute approximate surface area is 162 Å². The normalized spacial score (nSPS) is 13.9. The van der Waals surface area contributed by atoms with Gasteiger partial charge in [-0.1, -0.05) is 24.8 Å². The molecule has 1 aliphatic heterocycles. The minimum Gasteiger partial charge on any atom is -0.497 e. The second kappa shape index (κ2) is 9.05. The van der Waals surface area contributed by atoms with Gasteiger partial charge < -0.3 is 15.0 Å². The second-order valence-electron chi connectivity index (χ2n) is 6.39. The minimum atomic E-state index is -0.164. The first-order valence-corrected chi connectivity index (χ1v) is 9.98. The predicted molar refractivity (Wildman–Crippen MR) is 106 cm³/mol. The van der Waals surface area contributed by atoms with Gasteiger partial charge in [-0.25, -0.2) is 4.98 Å². The highest BCUT2D eigenvalue weighted by Gasteiger charge is 2.20. The molecule has 0 spiro atoms. The molecule has 2 aromatic rings. The molecule has 144 valence electrons. The molecule has 7 nitrogen and oxygen atoms in total. The first-order valence-electron chi connectivity index (χ1n) is 9.00. The van der Waals surface area contributed by atoms with E-state index < -0.39 is 0 Å². The van der Waals surface area contributed by atoms with Gasteiger partial charge in [0, 0.05) is 31.3 Å². The van der Waals surface area contributed by atoms with E-state index in [-0.39, 0.29) is 17.2 Å². The maximum atomic E-state index is 12.4. The van der Waals surface area contributed by atoms with E-state index in [9.17, 15) is 9.59 Å². The lowest BCUT2D eigenvalue weighted by Gasteiger charge is -2.27. The van der Waals surface area contributed by atoms with Crippen LogP contribution in [0.15, 0.2) is 34.2 Å². The molecule has 8 heteroatoms. The number of hydrogen-bond donors (Lipinski definition) is 2. The van der Waals surface area contributed by atoms with Crippen molar-refractivity contribution >= 4 is 23.4 Å². The molecule has 0 bridgehead atoms. The number of benzene rings is 1. The maximum absolute atomic E-state index is 12.4. The largest absolute Gasteiger partial charge is 0.497 e. The van der Waals surface area contributed by atoms with Crippen LogP contribution in [-0.2, 0) is 17.8 Å². The summed E-state index contributed by atoms with van der Waals surface area (Å²) in [4.78, 5) is 34.2. The molecule has 3 rings (SSSR count). The number of carbonyl (C=O) groups excluding carboxylic acids is 1. The van der Waals surface area contributed by atoms with Crippen molar-refractivity contribution in [1.82, 2.24) is 14.9 Å². The monoisotopic (exact) mass is 388 g/mol. The number of anilines is 1. The van der Waals surface area contributed by atoms with E-state index in [0.29, 0.717) is 23.1 Å². The van der Waals surface area contributed by atoms with Gasteiger partial charge in [0.1, 0.15) is 5.75 Å². The molecular weight excluding hydrogens is 364 g/mol. The fourth-order valence-corrected chi connectivity index (χ4v) is 3.74. The minimum absolute atomic E-state index is 0.100.